The minimum atomic E-state index is -0.186. The van der Waals surface area contributed by atoms with E-state index in [0.29, 0.717) is 24.5 Å². The van der Waals surface area contributed by atoms with Gasteiger partial charge in [0.15, 0.2) is 0 Å². The molecular weight excluding hydrogens is 332 g/mol. The van der Waals surface area contributed by atoms with E-state index in [4.69, 9.17) is 4.52 Å². The molecule has 1 aliphatic heterocycles. The van der Waals surface area contributed by atoms with E-state index in [9.17, 15) is 9.59 Å². The van der Waals surface area contributed by atoms with Crippen molar-refractivity contribution in [2.75, 3.05) is 13.1 Å². The van der Waals surface area contributed by atoms with E-state index >= 15 is 0 Å². The van der Waals surface area contributed by atoms with Gasteiger partial charge in [0.25, 0.3) is 11.5 Å². The molecule has 0 bridgehead atoms. The highest BCUT2D eigenvalue weighted by molar-refractivity contribution is 5.92. The molecule has 4 rings (SSSR count). The van der Waals surface area contributed by atoms with Gasteiger partial charge in [-0.05, 0) is 12.8 Å². The van der Waals surface area contributed by atoms with Crippen LogP contribution in [0.1, 0.15) is 35.0 Å². The lowest BCUT2D eigenvalue weighted by Gasteiger charge is -2.31. The van der Waals surface area contributed by atoms with Crippen molar-refractivity contribution in [2.45, 2.75) is 18.8 Å². The Labute approximate surface area is 149 Å². The summed E-state index contributed by atoms with van der Waals surface area (Å²) in [6.07, 6.45) is 3.15. The van der Waals surface area contributed by atoms with Crippen molar-refractivity contribution < 1.29 is 9.32 Å². The summed E-state index contributed by atoms with van der Waals surface area (Å²) in [5, 5.41) is 4.01. The SMILES string of the molecule is O=C(c1cc(-c2ccccc2)no1)N1CCCC(c2cc(=O)[nH]cn2)C1. The lowest BCUT2D eigenvalue weighted by Crippen LogP contribution is -2.39. The molecule has 3 heterocycles. The summed E-state index contributed by atoms with van der Waals surface area (Å²) in [5.41, 5.74) is 2.08. The molecule has 0 aliphatic carbocycles. The molecular formula is C19H18N4O3. The maximum absolute atomic E-state index is 12.8. The molecule has 1 atom stereocenters. The van der Waals surface area contributed by atoms with Gasteiger partial charge in [-0.15, -0.1) is 0 Å². The van der Waals surface area contributed by atoms with Crippen molar-refractivity contribution >= 4 is 5.91 Å². The average Bonchev–Trinajstić information content (AvgIpc) is 3.18. The molecule has 1 N–H and O–H groups in total. The second-order valence-electron chi connectivity index (χ2n) is 6.37. The molecule has 1 aromatic carbocycles. The number of hydrogen-bond donors (Lipinski definition) is 1. The van der Waals surface area contributed by atoms with Crippen LogP contribution in [0.5, 0.6) is 0 Å². The number of likely N-dealkylation sites (tertiary alicyclic amines) is 1. The molecule has 0 radical (unpaired) electrons. The van der Waals surface area contributed by atoms with Crippen LogP contribution < -0.4 is 5.56 Å². The number of amides is 1. The van der Waals surface area contributed by atoms with E-state index in [1.807, 2.05) is 30.3 Å². The van der Waals surface area contributed by atoms with Crippen LogP contribution in [-0.2, 0) is 0 Å². The molecule has 7 heteroatoms. The quantitative estimate of drug-likeness (QED) is 0.783. The largest absolute Gasteiger partial charge is 0.350 e. The zero-order valence-corrected chi connectivity index (χ0v) is 14.1. The highest BCUT2D eigenvalue weighted by Crippen LogP contribution is 2.26. The predicted molar refractivity (Wildman–Crippen MR) is 94.7 cm³/mol. The first-order valence-electron chi connectivity index (χ1n) is 8.57. The Morgan fingerprint density at radius 3 is 2.88 bits per heavy atom. The maximum atomic E-state index is 12.8. The second-order valence-corrected chi connectivity index (χ2v) is 6.37. The van der Waals surface area contributed by atoms with Crippen LogP contribution >= 0.6 is 0 Å². The van der Waals surface area contributed by atoms with Gasteiger partial charge in [-0.3, -0.25) is 9.59 Å². The minimum absolute atomic E-state index is 0.0477. The number of benzene rings is 1. The highest BCUT2D eigenvalue weighted by Gasteiger charge is 2.28. The van der Waals surface area contributed by atoms with E-state index in [2.05, 4.69) is 15.1 Å². The number of nitrogens with zero attached hydrogens (tertiary/aromatic N) is 3. The van der Waals surface area contributed by atoms with Crippen LogP contribution in [0.3, 0.4) is 0 Å². The van der Waals surface area contributed by atoms with Gasteiger partial charge in [0.1, 0.15) is 5.69 Å². The fraction of sp³-hybridized carbons (Fsp3) is 0.263. The smallest absolute Gasteiger partial charge is 0.292 e. The third-order valence-corrected chi connectivity index (χ3v) is 4.62. The summed E-state index contributed by atoms with van der Waals surface area (Å²) < 4.78 is 5.28. The first kappa shape index (κ1) is 16.3. The maximum Gasteiger partial charge on any atom is 0.292 e. The van der Waals surface area contributed by atoms with Crippen molar-refractivity contribution in [3.8, 4) is 11.3 Å². The number of piperidine rings is 1. The van der Waals surface area contributed by atoms with Crippen molar-refractivity contribution in [3.05, 3.63) is 70.6 Å². The van der Waals surface area contributed by atoms with Gasteiger partial charge in [-0.2, -0.15) is 0 Å². The van der Waals surface area contributed by atoms with Crippen LogP contribution in [0.4, 0.5) is 0 Å². The molecule has 1 fully saturated rings. The Balaban J connectivity index is 1.51. The summed E-state index contributed by atoms with van der Waals surface area (Å²) in [4.78, 5) is 32.8. The molecule has 0 spiro atoms. The van der Waals surface area contributed by atoms with E-state index in [-0.39, 0.29) is 23.1 Å². The normalized spacial score (nSPS) is 17.2. The Morgan fingerprint density at radius 1 is 1.23 bits per heavy atom. The molecule has 1 unspecified atom stereocenters. The van der Waals surface area contributed by atoms with E-state index < -0.39 is 0 Å². The van der Waals surface area contributed by atoms with Crippen LogP contribution in [-0.4, -0.2) is 39.0 Å². The number of carbonyl (C=O) groups is 1. The molecule has 2 aromatic heterocycles. The second kappa shape index (κ2) is 6.95. The standard InChI is InChI=1S/C19H18N4O3/c24-18-10-15(20-12-21-18)14-7-4-8-23(11-14)19(25)17-9-16(22-26-17)13-5-2-1-3-6-13/h1-3,5-6,9-10,12,14H,4,7-8,11H2,(H,20,21,24). The Kier molecular flexibility index (Phi) is 4.35. The fourth-order valence-electron chi connectivity index (χ4n) is 3.29. The van der Waals surface area contributed by atoms with Crippen molar-refractivity contribution in [1.29, 1.82) is 0 Å². The summed E-state index contributed by atoms with van der Waals surface area (Å²) >= 11 is 0. The minimum Gasteiger partial charge on any atom is -0.350 e. The van der Waals surface area contributed by atoms with Crippen molar-refractivity contribution in [1.82, 2.24) is 20.0 Å². The number of H-pyrrole nitrogens is 1. The molecule has 26 heavy (non-hydrogen) atoms. The van der Waals surface area contributed by atoms with Gasteiger partial charge in [0.2, 0.25) is 5.76 Å². The number of hydrogen-bond acceptors (Lipinski definition) is 5. The average molecular weight is 350 g/mol. The molecule has 1 saturated heterocycles. The van der Waals surface area contributed by atoms with Gasteiger partial charge in [0.05, 0.1) is 12.0 Å². The Bertz CT molecular complexity index is 964. The van der Waals surface area contributed by atoms with Gasteiger partial charge >= 0.3 is 0 Å². The van der Waals surface area contributed by atoms with Gasteiger partial charge in [-0.1, -0.05) is 35.5 Å². The fourth-order valence-corrected chi connectivity index (χ4v) is 3.29. The van der Waals surface area contributed by atoms with Crippen molar-refractivity contribution in [2.24, 2.45) is 0 Å². The van der Waals surface area contributed by atoms with Crippen LogP contribution in [0.25, 0.3) is 11.3 Å². The highest BCUT2D eigenvalue weighted by atomic mass is 16.5. The molecule has 1 amide bonds. The summed E-state index contributed by atoms with van der Waals surface area (Å²) in [7, 11) is 0. The van der Waals surface area contributed by atoms with E-state index in [0.717, 1.165) is 18.4 Å². The molecule has 132 valence electrons. The summed E-state index contributed by atoms with van der Waals surface area (Å²) in [6.45, 7) is 1.16. The Hall–Kier alpha value is -3.22. The molecule has 0 saturated carbocycles. The number of rotatable bonds is 3. The van der Waals surface area contributed by atoms with Gasteiger partial charge in [-0.25, -0.2) is 4.98 Å². The topological polar surface area (TPSA) is 92.1 Å². The Morgan fingerprint density at radius 2 is 2.08 bits per heavy atom. The summed E-state index contributed by atoms with van der Waals surface area (Å²) in [6, 6.07) is 12.8. The third kappa shape index (κ3) is 3.28. The lowest BCUT2D eigenvalue weighted by molar-refractivity contribution is 0.0664. The number of aromatic amines is 1. The van der Waals surface area contributed by atoms with Crippen LogP contribution in [0.2, 0.25) is 0 Å². The first-order chi connectivity index (χ1) is 12.7. The predicted octanol–water partition coefficient (Wildman–Crippen LogP) is 2.44. The van der Waals surface area contributed by atoms with Crippen LogP contribution in [0, 0.1) is 0 Å². The number of aromatic nitrogens is 3. The first-order valence-corrected chi connectivity index (χ1v) is 8.57. The third-order valence-electron chi connectivity index (χ3n) is 4.62. The monoisotopic (exact) mass is 350 g/mol. The van der Waals surface area contributed by atoms with Crippen molar-refractivity contribution in [3.63, 3.8) is 0 Å². The lowest BCUT2D eigenvalue weighted by atomic mass is 9.94. The number of nitrogens with one attached hydrogen (secondary N) is 1. The van der Waals surface area contributed by atoms with Crippen LogP contribution in [0.15, 0.2) is 58.1 Å². The zero-order chi connectivity index (χ0) is 17.9. The molecule has 7 nitrogen and oxygen atoms in total. The zero-order valence-electron chi connectivity index (χ0n) is 14.1. The van der Waals surface area contributed by atoms with E-state index in [1.165, 1.54) is 12.4 Å². The molecule has 3 aromatic rings. The van der Waals surface area contributed by atoms with Gasteiger partial charge < -0.3 is 14.4 Å². The molecule has 1 aliphatic rings. The van der Waals surface area contributed by atoms with Gasteiger partial charge in [0, 0.05) is 36.7 Å². The van der Waals surface area contributed by atoms with E-state index in [1.54, 1.807) is 11.0 Å². The summed E-state index contributed by atoms with van der Waals surface area (Å²) in [5.74, 6) is 0.0871. The number of carbonyl (C=O) groups excluding carboxylic acids is 1.